The highest BCUT2D eigenvalue weighted by Crippen LogP contribution is 2.28. The molecule has 0 aliphatic rings. The summed E-state index contributed by atoms with van der Waals surface area (Å²) >= 11 is 0. The average molecular weight is 206 g/mol. The minimum Gasteiger partial charge on any atom is -0.384 e. The average Bonchev–Trinajstić information content (AvgIpc) is 2.18. The lowest BCUT2D eigenvalue weighted by Crippen LogP contribution is -2.30. The lowest BCUT2D eigenvalue weighted by Gasteiger charge is -2.28. The zero-order valence-electron chi connectivity index (χ0n) is 9.62. The summed E-state index contributed by atoms with van der Waals surface area (Å²) in [4.78, 5) is 11.3. The van der Waals surface area contributed by atoms with Gasteiger partial charge in [-0.2, -0.15) is 0 Å². The van der Waals surface area contributed by atoms with Gasteiger partial charge in [0.05, 0.1) is 6.61 Å². The fraction of sp³-hybridized carbons (Fsp3) is 0.462. The van der Waals surface area contributed by atoms with E-state index in [1.807, 2.05) is 30.3 Å². The van der Waals surface area contributed by atoms with E-state index in [9.17, 15) is 4.79 Å². The third-order valence-electron chi connectivity index (χ3n) is 2.57. The number of methoxy groups -OCH3 is 1. The molecule has 2 nitrogen and oxygen atoms in total. The lowest BCUT2D eigenvalue weighted by molar-refractivity contribution is -0.118. The van der Waals surface area contributed by atoms with Crippen LogP contribution in [0.2, 0.25) is 0 Å². The van der Waals surface area contributed by atoms with Gasteiger partial charge in [0.1, 0.15) is 5.78 Å². The minimum absolute atomic E-state index is 0.193. The van der Waals surface area contributed by atoms with Gasteiger partial charge >= 0.3 is 0 Å². The van der Waals surface area contributed by atoms with Crippen molar-refractivity contribution in [2.45, 2.75) is 25.7 Å². The van der Waals surface area contributed by atoms with E-state index in [0.29, 0.717) is 13.0 Å². The van der Waals surface area contributed by atoms with Crippen LogP contribution in [-0.4, -0.2) is 19.5 Å². The highest BCUT2D eigenvalue weighted by Gasteiger charge is 2.27. The Bertz CT molecular complexity index is 319. The molecule has 1 atom stereocenters. The summed E-state index contributed by atoms with van der Waals surface area (Å²) in [5.74, 6) is 0.193. The highest BCUT2D eigenvalue weighted by atomic mass is 16.5. The summed E-state index contributed by atoms with van der Waals surface area (Å²) in [7, 11) is 1.67. The van der Waals surface area contributed by atoms with Gasteiger partial charge in [-0.05, 0) is 12.5 Å². The zero-order chi connectivity index (χ0) is 11.3. The van der Waals surface area contributed by atoms with Crippen LogP contribution in [0.25, 0.3) is 0 Å². The Balaban J connectivity index is 2.95. The molecule has 15 heavy (non-hydrogen) atoms. The number of ketones is 1. The molecule has 0 spiro atoms. The molecular weight excluding hydrogens is 188 g/mol. The van der Waals surface area contributed by atoms with Crippen LogP contribution in [0.5, 0.6) is 0 Å². The fourth-order valence-electron chi connectivity index (χ4n) is 1.94. The lowest BCUT2D eigenvalue weighted by atomic mass is 9.79. The van der Waals surface area contributed by atoms with Crippen LogP contribution in [0.15, 0.2) is 30.3 Å². The van der Waals surface area contributed by atoms with E-state index in [2.05, 4.69) is 6.92 Å². The maximum absolute atomic E-state index is 11.3. The van der Waals surface area contributed by atoms with Crippen LogP contribution < -0.4 is 0 Å². The summed E-state index contributed by atoms with van der Waals surface area (Å²) in [5.41, 5.74) is 0.948. The smallest absolute Gasteiger partial charge is 0.130 e. The molecule has 0 aromatic heterocycles. The second-order valence-electron chi connectivity index (χ2n) is 4.24. The number of carbonyl (C=O) groups excluding carboxylic acids is 1. The molecular formula is C13H18O2. The molecule has 0 amide bonds. The van der Waals surface area contributed by atoms with Gasteiger partial charge in [-0.1, -0.05) is 37.3 Å². The van der Waals surface area contributed by atoms with Crippen molar-refractivity contribution in [3.05, 3.63) is 35.9 Å². The Morgan fingerprint density at radius 3 is 2.40 bits per heavy atom. The molecule has 0 saturated carbocycles. The third-order valence-corrected chi connectivity index (χ3v) is 2.57. The standard InChI is InChI=1S/C13H18O2/c1-11(14)9-13(2,10-15-3)12-7-5-4-6-8-12/h4-8H,9-10H2,1-3H3. The van der Waals surface area contributed by atoms with E-state index >= 15 is 0 Å². The summed E-state index contributed by atoms with van der Waals surface area (Å²) in [6.45, 7) is 4.25. The first-order chi connectivity index (χ1) is 7.08. The number of Topliss-reactive ketones (excluding diaryl/α,β-unsaturated/α-hetero) is 1. The Morgan fingerprint density at radius 1 is 1.33 bits per heavy atom. The Morgan fingerprint density at radius 2 is 1.93 bits per heavy atom. The Hall–Kier alpha value is -1.15. The fourth-order valence-corrected chi connectivity index (χ4v) is 1.94. The van der Waals surface area contributed by atoms with Crippen molar-refractivity contribution in [1.29, 1.82) is 0 Å². The summed E-state index contributed by atoms with van der Waals surface area (Å²) in [6.07, 6.45) is 0.519. The van der Waals surface area contributed by atoms with Crippen LogP contribution in [0.3, 0.4) is 0 Å². The van der Waals surface area contributed by atoms with Crippen LogP contribution in [0, 0.1) is 0 Å². The van der Waals surface area contributed by atoms with Gasteiger partial charge in [0.15, 0.2) is 0 Å². The third kappa shape index (κ3) is 3.17. The van der Waals surface area contributed by atoms with Crippen molar-refractivity contribution in [2.75, 3.05) is 13.7 Å². The van der Waals surface area contributed by atoms with Gasteiger partial charge in [-0.3, -0.25) is 4.79 Å². The van der Waals surface area contributed by atoms with Crippen molar-refractivity contribution in [1.82, 2.24) is 0 Å². The predicted octanol–water partition coefficient (Wildman–Crippen LogP) is 2.57. The molecule has 0 bridgehead atoms. The molecule has 2 heteroatoms. The van der Waals surface area contributed by atoms with Crippen LogP contribution in [0.4, 0.5) is 0 Å². The molecule has 82 valence electrons. The van der Waals surface area contributed by atoms with Gasteiger partial charge < -0.3 is 4.74 Å². The molecule has 1 aromatic carbocycles. The van der Waals surface area contributed by atoms with E-state index < -0.39 is 0 Å². The maximum Gasteiger partial charge on any atom is 0.130 e. The number of rotatable bonds is 5. The van der Waals surface area contributed by atoms with Crippen molar-refractivity contribution < 1.29 is 9.53 Å². The van der Waals surface area contributed by atoms with E-state index in [4.69, 9.17) is 4.74 Å². The minimum atomic E-state index is -0.207. The topological polar surface area (TPSA) is 26.3 Å². The van der Waals surface area contributed by atoms with Crippen molar-refractivity contribution in [2.24, 2.45) is 0 Å². The van der Waals surface area contributed by atoms with Gasteiger partial charge in [-0.25, -0.2) is 0 Å². The summed E-state index contributed by atoms with van der Waals surface area (Å²) in [6, 6.07) is 10.0. The molecule has 1 rings (SSSR count). The number of ether oxygens (including phenoxy) is 1. The van der Waals surface area contributed by atoms with Crippen molar-refractivity contribution in [3.8, 4) is 0 Å². The summed E-state index contributed by atoms with van der Waals surface area (Å²) in [5, 5.41) is 0. The van der Waals surface area contributed by atoms with Crippen LogP contribution >= 0.6 is 0 Å². The molecule has 0 heterocycles. The predicted molar refractivity (Wildman–Crippen MR) is 61.0 cm³/mol. The Kier molecular flexibility index (Phi) is 4.04. The SMILES string of the molecule is COCC(C)(CC(C)=O)c1ccccc1. The van der Waals surface area contributed by atoms with Crippen LogP contribution in [-0.2, 0) is 14.9 Å². The largest absolute Gasteiger partial charge is 0.384 e. The van der Waals surface area contributed by atoms with E-state index in [1.54, 1.807) is 14.0 Å². The van der Waals surface area contributed by atoms with Gasteiger partial charge in [0, 0.05) is 18.9 Å². The van der Waals surface area contributed by atoms with E-state index in [1.165, 1.54) is 0 Å². The molecule has 0 N–H and O–H groups in total. The molecule has 1 unspecified atom stereocenters. The molecule has 0 fully saturated rings. The highest BCUT2D eigenvalue weighted by molar-refractivity contribution is 5.77. The molecule has 0 aliphatic heterocycles. The zero-order valence-corrected chi connectivity index (χ0v) is 9.62. The first-order valence-corrected chi connectivity index (χ1v) is 5.12. The van der Waals surface area contributed by atoms with Gasteiger partial charge in [0.25, 0.3) is 0 Å². The molecule has 0 radical (unpaired) electrons. The molecule has 1 aromatic rings. The van der Waals surface area contributed by atoms with Crippen molar-refractivity contribution in [3.63, 3.8) is 0 Å². The normalized spacial score (nSPS) is 14.6. The first-order valence-electron chi connectivity index (χ1n) is 5.12. The molecule has 0 saturated heterocycles. The number of hydrogen-bond donors (Lipinski definition) is 0. The Labute approximate surface area is 91.3 Å². The second-order valence-corrected chi connectivity index (χ2v) is 4.24. The second kappa shape index (κ2) is 5.08. The van der Waals surface area contributed by atoms with E-state index in [-0.39, 0.29) is 11.2 Å². The van der Waals surface area contributed by atoms with Gasteiger partial charge in [-0.15, -0.1) is 0 Å². The summed E-state index contributed by atoms with van der Waals surface area (Å²) < 4.78 is 5.21. The number of benzene rings is 1. The monoisotopic (exact) mass is 206 g/mol. The van der Waals surface area contributed by atoms with Crippen molar-refractivity contribution >= 4 is 5.78 Å². The maximum atomic E-state index is 11.3. The number of carbonyl (C=O) groups is 1. The first kappa shape index (κ1) is 11.9. The quantitative estimate of drug-likeness (QED) is 0.740. The van der Waals surface area contributed by atoms with Crippen LogP contribution in [0.1, 0.15) is 25.8 Å². The number of hydrogen-bond acceptors (Lipinski definition) is 2. The molecule has 0 aliphatic carbocycles. The van der Waals surface area contributed by atoms with Gasteiger partial charge in [0.2, 0.25) is 0 Å². The van der Waals surface area contributed by atoms with E-state index in [0.717, 1.165) is 5.56 Å².